The monoisotopic (exact) mass is 504 g/mol. The Kier molecular flexibility index (Phi) is 6.50. The minimum atomic E-state index is -1.02. The highest BCUT2D eigenvalue weighted by atomic mass is 19.1. The fourth-order valence-corrected chi connectivity index (χ4v) is 4.54. The Morgan fingerprint density at radius 3 is 2.27 bits per heavy atom. The van der Waals surface area contributed by atoms with Crippen LogP contribution < -0.4 is 10.1 Å². The zero-order chi connectivity index (χ0) is 26.2. The van der Waals surface area contributed by atoms with Gasteiger partial charge < -0.3 is 14.9 Å². The van der Waals surface area contributed by atoms with Crippen molar-refractivity contribution >= 4 is 23.1 Å². The van der Waals surface area contributed by atoms with Crippen molar-refractivity contribution in [1.82, 2.24) is 0 Å². The van der Waals surface area contributed by atoms with Gasteiger partial charge in [-0.05, 0) is 87.6 Å². The van der Waals surface area contributed by atoms with E-state index < -0.39 is 28.7 Å². The topological polar surface area (TPSA) is 77.0 Å². The van der Waals surface area contributed by atoms with Crippen molar-refractivity contribution in [3.63, 3.8) is 0 Å². The number of carbonyl (C=O) groups excluding carboxylic acids is 2. The number of anilines is 1. The number of nitrogens with zero attached hydrogens (tertiary/aromatic N) is 1. The molecular formula is C29H26F2N2O4. The maximum Gasteiger partial charge on any atom is 0.261 e. The molecule has 0 spiro atoms. The van der Waals surface area contributed by atoms with Crippen LogP contribution in [0.3, 0.4) is 0 Å². The molecular weight excluding hydrogens is 478 g/mol. The number of amides is 1. The van der Waals surface area contributed by atoms with Gasteiger partial charge in [0.25, 0.3) is 5.91 Å². The summed E-state index contributed by atoms with van der Waals surface area (Å²) in [5.41, 5.74) is 1.09. The fraction of sp³-hybridized carbons (Fsp3) is 0.276. The first-order valence-corrected chi connectivity index (χ1v) is 12.2. The van der Waals surface area contributed by atoms with Crippen molar-refractivity contribution in [3.8, 4) is 16.9 Å². The predicted molar refractivity (Wildman–Crippen MR) is 136 cm³/mol. The van der Waals surface area contributed by atoms with E-state index in [1.165, 1.54) is 6.07 Å². The van der Waals surface area contributed by atoms with Crippen LogP contribution in [0.2, 0.25) is 0 Å². The average molecular weight is 505 g/mol. The van der Waals surface area contributed by atoms with Gasteiger partial charge in [-0.15, -0.1) is 0 Å². The van der Waals surface area contributed by atoms with Crippen LogP contribution in [0.4, 0.5) is 14.5 Å². The molecule has 0 radical (unpaired) electrons. The van der Waals surface area contributed by atoms with Crippen molar-refractivity contribution in [2.45, 2.75) is 51.2 Å². The highest BCUT2D eigenvalue weighted by Gasteiger charge is 2.40. The summed E-state index contributed by atoms with van der Waals surface area (Å²) in [6.45, 7) is 3.34. The first kappa shape index (κ1) is 24.6. The third-order valence-corrected chi connectivity index (χ3v) is 6.62. The first-order chi connectivity index (χ1) is 17.7. The molecule has 2 aliphatic rings. The molecule has 8 heteroatoms. The van der Waals surface area contributed by atoms with E-state index in [9.17, 15) is 18.4 Å². The van der Waals surface area contributed by atoms with E-state index in [4.69, 9.17) is 9.57 Å². The molecule has 1 aliphatic heterocycles. The van der Waals surface area contributed by atoms with Crippen LogP contribution in [0.1, 0.15) is 55.5 Å². The summed E-state index contributed by atoms with van der Waals surface area (Å²) in [4.78, 5) is 30.6. The minimum absolute atomic E-state index is 0.117. The number of rotatable bonds is 6. The molecule has 3 aromatic rings. The van der Waals surface area contributed by atoms with Crippen molar-refractivity contribution in [2.75, 3.05) is 5.32 Å². The van der Waals surface area contributed by atoms with E-state index in [0.29, 0.717) is 17.0 Å². The lowest BCUT2D eigenvalue weighted by Gasteiger charge is -2.18. The van der Waals surface area contributed by atoms with E-state index in [-0.39, 0.29) is 17.6 Å². The Labute approximate surface area is 213 Å². The van der Waals surface area contributed by atoms with Crippen molar-refractivity contribution in [3.05, 3.63) is 83.4 Å². The van der Waals surface area contributed by atoms with Crippen LogP contribution in [0.5, 0.6) is 5.75 Å². The molecule has 37 heavy (non-hydrogen) atoms. The summed E-state index contributed by atoms with van der Waals surface area (Å²) < 4.78 is 34.3. The Hall–Kier alpha value is -4.07. The minimum Gasteiger partial charge on any atom is -0.490 e. The summed E-state index contributed by atoms with van der Waals surface area (Å²) in [6.07, 6.45) is 4.31. The number of carbonyl (C=O) groups is 2. The quantitative estimate of drug-likeness (QED) is 0.428. The average Bonchev–Trinajstić information content (AvgIpc) is 3.47. The van der Waals surface area contributed by atoms with Gasteiger partial charge in [-0.1, -0.05) is 23.4 Å². The molecule has 1 heterocycles. The van der Waals surface area contributed by atoms with Gasteiger partial charge in [0, 0.05) is 16.8 Å². The number of ether oxygens (including phenoxy) is 1. The van der Waals surface area contributed by atoms with Crippen LogP contribution in [0.15, 0.2) is 65.8 Å². The molecule has 0 atom stereocenters. The maximum absolute atomic E-state index is 14.0. The summed E-state index contributed by atoms with van der Waals surface area (Å²) in [5.74, 6) is -2.28. The second-order valence-corrected chi connectivity index (χ2v) is 9.73. The number of nitrogens with one attached hydrogen (secondary N) is 1. The number of hydrogen-bond donors (Lipinski definition) is 1. The van der Waals surface area contributed by atoms with Crippen LogP contribution in [-0.2, 0) is 9.63 Å². The highest BCUT2D eigenvalue weighted by molar-refractivity contribution is 6.49. The van der Waals surface area contributed by atoms with Crippen LogP contribution in [-0.4, -0.2) is 29.1 Å². The molecule has 1 fully saturated rings. The second kappa shape index (κ2) is 9.76. The van der Waals surface area contributed by atoms with E-state index >= 15 is 0 Å². The molecule has 0 saturated heterocycles. The van der Waals surface area contributed by atoms with Crippen LogP contribution >= 0.6 is 0 Å². The molecule has 0 bridgehead atoms. The SMILES string of the molecule is CC1(C)ON=C(c2ccc(OC3CCCC3)c(-c3ccc(NC(=O)c4c(F)cccc4F)cc3)c2)C1=O. The van der Waals surface area contributed by atoms with Gasteiger partial charge >= 0.3 is 0 Å². The smallest absolute Gasteiger partial charge is 0.261 e. The molecule has 5 rings (SSSR count). The van der Waals surface area contributed by atoms with Gasteiger partial charge in [0.1, 0.15) is 22.9 Å². The molecule has 1 saturated carbocycles. The Bertz CT molecular complexity index is 1370. The summed E-state index contributed by atoms with van der Waals surface area (Å²) in [7, 11) is 0. The molecule has 190 valence electrons. The van der Waals surface area contributed by atoms with Crippen molar-refractivity contribution < 1.29 is 27.9 Å². The number of Topliss-reactive ketones (excluding diaryl/α,β-unsaturated/α-hetero) is 1. The summed E-state index contributed by atoms with van der Waals surface area (Å²) in [5, 5.41) is 6.55. The molecule has 6 nitrogen and oxygen atoms in total. The number of oxime groups is 1. The normalized spacial score (nSPS) is 16.9. The number of halogens is 2. The Morgan fingerprint density at radius 2 is 1.65 bits per heavy atom. The highest BCUT2D eigenvalue weighted by Crippen LogP contribution is 2.36. The van der Waals surface area contributed by atoms with Crippen molar-refractivity contribution in [2.24, 2.45) is 5.16 Å². The first-order valence-electron chi connectivity index (χ1n) is 12.2. The zero-order valence-electron chi connectivity index (χ0n) is 20.5. The zero-order valence-corrected chi connectivity index (χ0v) is 20.5. The van der Waals surface area contributed by atoms with Crippen LogP contribution in [0, 0.1) is 11.6 Å². The molecule has 3 aromatic carbocycles. The molecule has 0 unspecified atom stereocenters. The Balaban J connectivity index is 1.44. The lowest BCUT2D eigenvalue weighted by molar-refractivity contribution is -0.128. The van der Waals surface area contributed by atoms with Gasteiger partial charge in [-0.2, -0.15) is 0 Å². The van der Waals surface area contributed by atoms with E-state index in [1.807, 2.05) is 12.1 Å². The molecule has 1 aliphatic carbocycles. The van der Waals surface area contributed by atoms with Gasteiger partial charge in [0.05, 0.1) is 6.10 Å². The summed E-state index contributed by atoms with van der Waals surface area (Å²) in [6, 6.07) is 15.6. The fourth-order valence-electron chi connectivity index (χ4n) is 4.54. The Morgan fingerprint density at radius 1 is 1.00 bits per heavy atom. The summed E-state index contributed by atoms with van der Waals surface area (Å²) >= 11 is 0. The van der Waals surface area contributed by atoms with E-state index in [1.54, 1.807) is 44.2 Å². The third-order valence-electron chi connectivity index (χ3n) is 6.62. The largest absolute Gasteiger partial charge is 0.490 e. The molecule has 0 aromatic heterocycles. The third kappa shape index (κ3) is 4.96. The lowest BCUT2D eigenvalue weighted by Crippen LogP contribution is -2.33. The van der Waals surface area contributed by atoms with Gasteiger partial charge in [0.15, 0.2) is 11.3 Å². The van der Waals surface area contributed by atoms with E-state index in [0.717, 1.165) is 48.9 Å². The van der Waals surface area contributed by atoms with Crippen molar-refractivity contribution in [1.29, 1.82) is 0 Å². The molecule has 1 N–H and O–H groups in total. The lowest BCUT2D eigenvalue weighted by atomic mass is 9.93. The second-order valence-electron chi connectivity index (χ2n) is 9.73. The van der Waals surface area contributed by atoms with Gasteiger partial charge in [0.2, 0.25) is 5.78 Å². The van der Waals surface area contributed by atoms with Gasteiger partial charge in [-0.25, -0.2) is 8.78 Å². The standard InChI is InChI=1S/C29H26F2N2O4/c1-29(2)27(34)26(33-37-29)18-12-15-24(36-20-6-3-4-7-20)21(16-18)17-10-13-19(14-11-17)32-28(35)25-22(30)8-5-9-23(25)31/h5,8-16,20H,3-4,6-7H2,1-2H3,(H,32,35). The number of ketones is 1. The predicted octanol–water partition coefficient (Wildman–Crippen LogP) is 6.29. The van der Waals surface area contributed by atoms with Gasteiger partial charge in [-0.3, -0.25) is 9.59 Å². The number of hydrogen-bond acceptors (Lipinski definition) is 5. The maximum atomic E-state index is 14.0. The molecule has 1 amide bonds. The van der Waals surface area contributed by atoms with E-state index in [2.05, 4.69) is 10.5 Å². The van der Waals surface area contributed by atoms with Crippen LogP contribution in [0.25, 0.3) is 11.1 Å². The number of benzene rings is 3.